The maximum absolute atomic E-state index is 12.5. The van der Waals surface area contributed by atoms with E-state index < -0.39 is 6.03 Å². The molecule has 4 rings (SSSR count). The zero-order valence-corrected chi connectivity index (χ0v) is 15.5. The molecule has 0 saturated heterocycles. The van der Waals surface area contributed by atoms with Gasteiger partial charge in [0.15, 0.2) is 0 Å². The Morgan fingerprint density at radius 3 is 2.81 bits per heavy atom. The predicted molar refractivity (Wildman–Crippen MR) is 102 cm³/mol. The van der Waals surface area contributed by atoms with Crippen LogP contribution in [0, 0.1) is 29.1 Å². The monoisotopic (exact) mass is 350 g/mol. The van der Waals surface area contributed by atoms with E-state index >= 15 is 0 Å². The van der Waals surface area contributed by atoms with Crippen LogP contribution in [0.4, 0.5) is 10.5 Å². The van der Waals surface area contributed by atoms with Crippen LogP contribution in [0.3, 0.4) is 0 Å². The summed E-state index contributed by atoms with van der Waals surface area (Å²) in [5.41, 5.74) is 9.44. The first-order valence-electron chi connectivity index (χ1n) is 9.63. The van der Waals surface area contributed by atoms with E-state index in [2.05, 4.69) is 36.2 Å². The fourth-order valence-electron chi connectivity index (χ4n) is 5.87. The summed E-state index contributed by atoms with van der Waals surface area (Å²) < 4.78 is 0. The van der Waals surface area contributed by atoms with E-state index in [0.29, 0.717) is 29.2 Å². The zero-order valence-electron chi connectivity index (χ0n) is 15.5. The number of anilines is 1. The van der Waals surface area contributed by atoms with Gasteiger partial charge in [0, 0.05) is 17.4 Å². The molecule has 4 nitrogen and oxygen atoms in total. The number of nitrogens with one attached hydrogen (secondary N) is 1. The van der Waals surface area contributed by atoms with Crippen molar-refractivity contribution >= 4 is 17.5 Å². The molecule has 3 aliphatic rings. The van der Waals surface area contributed by atoms with Crippen molar-refractivity contribution in [3.63, 3.8) is 0 Å². The number of amides is 2. The van der Waals surface area contributed by atoms with Crippen LogP contribution in [-0.2, 0) is 11.2 Å². The predicted octanol–water partition coefficient (Wildman–Crippen LogP) is 3.97. The molecule has 0 bridgehead atoms. The van der Waals surface area contributed by atoms with Gasteiger partial charge in [-0.05, 0) is 80.0 Å². The number of urea groups is 1. The fourth-order valence-corrected chi connectivity index (χ4v) is 5.87. The lowest BCUT2D eigenvalue weighted by Gasteiger charge is -2.48. The van der Waals surface area contributed by atoms with Crippen LogP contribution in [0.5, 0.6) is 0 Å². The van der Waals surface area contributed by atoms with Gasteiger partial charge in [-0.3, -0.25) is 4.79 Å². The van der Waals surface area contributed by atoms with E-state index in [0.717, 1.165) is 44.1 Å². The first kappa shape index (κ1) is 17.1. The van der Waals surface area contributed by atoms with Gasteiger partial charge in [-0.15, -0.1) is 5.92 Å². The van der Waals surface area contributed by atoms with Gasteiger partial charge in [0.2, 0.25) is 0 Å². The molecule has 2 fully saturated rings. The van der Waals surface area contributed by atoms with Crippen molar-refractivity contribution < 1.29 is 9.59 Å². The van der Waals surface area contributed by atoms with Gasteiger partial charge < -0.3 is 11.1 Å². The van der Waals surface area contributed by atoms with Gasteiger partial charge in [0.05, 0.1) is 5.69 Å². The Hall–Kier alpha value is -2.28. The van der Waals surface area contributed by atoms with Gasteiger partial charge in [0.1, 0.15) is 5.78 Å². The average Bonchev–Trinajstić information content (AvgIpc) is 2.90. The van der Waals surface area contributed by atoms with E-state index in [1.165, 1.54) is 11.1 Å². The van der Waals surface area contributed by atoms with Crippen LogP contribution < -0.4 is 11.1 Å². The smallest absolute Gasteiger partial charge is 0.316 e. The first-order chi connectivity index (χ1) is 12.4. The maximum atomic E-state index is 12.5. The number of Topliss-reactive ketones (excluding diaryl/α,β-unsaturated/α-hetero) is 1. The molecular formula is C22H26N2O2. The second kappa shape index (κ2) is 6.16. The molecule has 0 heterocycles. The molecule has 2 amide bonds. The second-order valence-corrected chi connectivity index (χ2v) is 8.29. The molecule has 136 valence electrons. The lowest BCUT2D eigenvalue weighted by Crippen LogP contribution is -2.42. The lowest BCUT2D eigenvalue weighted by atomic mass is 9.55. The highest BCUT2D eigenvalue weighted by molar-refractivity contribution is 5.90. The molecular weight excluding hydrogens is 324 g/mol. The van der Waals surface area contributed by atoms with Gasteiger partial charge in [-0.1, -0.05) is 12.8 Å². The fraction of sp³-hybridized carbons (Fsp3) is 0.545. The number of primary amides is 1. The topological polar surface area (TPSA) is 72.2 Å². The van der Waals surface area contributed by atoms with Crippen molar-refractivity contribution in [1.82, 2.24) is 0 Å². The first-order valence-corrected chi connectivity index (χ1v) is 9.63. The number of benzene rings is 1. The average molecular weight is 350 g/mol. The maximum Gasteiger partial charge on any atom is 0.316 e. The Balaban J connectivity index is 1.74. The summed E-state index contributed by atoms with van der Waals surface area (Å²) >= 11 is 0. The van der Waals surface area contributed by atoms with Crippen molar-refractivity contribution in [2.24, 2.45) is 23.0 Å². The van der Waals surface area contributed by atoms with Crippen LogP contribution in [0.15, 0.2) is 12.1 Å². The Morgan fingerprint density at radius 2 is 2.08 bits per heavy atom. The van der Waals surface area contributed by atoms with Crippen molar-refractivity contribution in [1.29, 1.82) is 0 Å². The molecule has 3 aliphatic carbocycles. The highest BCUT2D eigenvalue weighted by Crippen LogP contribution is 2.59. The molecule has 4 atom stereocenters. The minimum atomic E-state index is -0.560. The summed E-state index contributed by atoms with van der Waals surface area (Å²) in [6.07, 6.45) is 5.98. The van der Waals surface area contributed by atoms with Gasteiger partial charge in [0.25, 0.3) is 0 Å². The number of nitrogens with two attached hydrogens (primary N) is 1. The molecule has 0 radical (unpaired) electrons. The minimum Gasteiger partial charge on any atom is -0.351 e. The van der Waals surface area contributed by atoms with E-state index in [-0.39, 0.29) is 5.41 Å². The summed E-state index contributed by atoms with van der Waals surface area (Å²) in [7, 11) is 0. The largest absolute Gasteiger partial charge is 0.351 e. The highest BCUT2D eigenvalue weighted by atomic mass is 16.2. The van der Waals surface area contributed by atoms with E-state index in [9.17, 15) is 9.59 Å². The number of rotatable bonds is 1. The Kier molecular flexibility index (Phi) is 4.06. The normalized spacial score (nSPS) is 31.9. The Bertz CT molecular complexity index is 848. The Morgan fingerprint density at radius 1 is 1.27 bits per heavy atom. The molecule has 3 unspecified atom stereocenters. The van der Waals surface area contributed by atoms with Crippen LogP contribution in [0.1, 0.15) is 68.6 Å². The summed E-state index contributed by atoms with van der Waals surface area (Å²) in [4.78, 5) is 23.8. The van der Waals surface area contributed by atoms with Gasteiger partial charge in [-0.2, -0.15) is 0 Å². The third kappa shape index (κ3) is 2.53. The number of aryl methyl sites for hydroxylation is 1. The number of ketones is 1. The number of fused-ring (bicyclic) bond motifs is 5. The van der Waals surface area contributed by atoms with Crippen molar-refractivity contribution in [3.8, 4) is 11.8 Å². The van der Waals surface area contributed by atoms with E-state index in [1.54, 1.807) is 6.92 Å². The van der Waals surface area contributed by atoms with Crippen molar-refractivity contribution in [3.05, 3.63) is 28.8 Å². The van der Waals surface area contributed by atoms with Crippen molar-refractivity contribution in [2.45, 2.75) is 58.3 Å². The number of carbonyl (C=O) groups is 2. The van der Waals surface area contributed by atoms with Gasteiger partial charge in [-0.25, -0.2) is 4.79 Å². The van der Waals surface area contributed by atoms with Crippen LogP contribution >= 0.6 is 0 Å². The molecule has 0 aromatic heterocycles. The molecule has 4 heteroatoms. The molecule has 1 aromatic rings. The molecule has 2 saturated carbocycles. The van der Waals surface area contributed by atoms with E-state index in [4.69, 9.17) is 5.73 Å². The number of hydrogen-bond donors (Lipinski definition) is 2. The third-order valence-corrected chi connectivity index (χ3v) is 7.09. The second-order valence-electron chi connectivity index (χ2n) is 8.29. The Labute approximate surface area is 154 Å². The molecule has 0 spiro atoms. The SMILES string of the molecule is CC#Cc1cc2c(cc1NC(N)=O)CCC1C2CC[C@]2(C)C(=O)CCC12. The highest BCUT2D eigenvalue weighted by Gasteiger charge is 2.54. The summed E-state index contributed by atoms with van der Waals surface area (Å²) in [5, 5.41) is 2.72. The standard InChI is InChI=1S/C22H26N2O2/c1-3-4-14-11-17-13(12-19(14)24-21(23)26)5-6-16-15(17)9-10-22(2)18(16)7-8-20(22)25/h11-12,15-16,18H,5-10H2,1-2H3,(H3,23,24,26)/t15?,16?,18?,22-/m0/s1. The molecule has 0 aliphatic heterocycles. The molecule has 3 N–H and O–H groups in total. The number of hydrogen-bond acceptors (Lipinski definition) is 2. The van der Waals surface area contributed by atoms with Crippen LogP contribution in [0.2, 0.25) is 0 Å². The van der Waals surface area contributed by atoms with Crippen LogP contribution in [-0.4, -0.2) is 11.8 Å². The van der Waals surface area contributed by atoms with Crippen LogP contribution in [0.25, 0.3) is 0 Å². The molecule has 26 heavy (non-hydrogen) atoms. The molecule has 1 aromatic carbocycles. The number of carbonyl (C=O) groups excluding carboxylic acids is 2. The minimum absolute atomic E-state index is 0.0990. The van der Waals surface area contributed by atoms with Crippen molar-refractivity contribution in [2.75, 3.05) is 5.32 Å². The summed E-state index contributed by atoms with van der Waals surface area (Å²) in [5.74, 6) is 8.14. The van der Waals surface area contributed by atoms with Gasteiger partial charge >= 0.3 is 6.03 Å². The third-order valence-electron chi connectivity index (χ3n) is 7.09. The summed E-state index contributed by atoms with van der Waals surface area (Å²) in [6.45, 7) is 4.00. The lowest BCUT2D eigenvalue weighted by molar-refractivity contribution is -0.129. The quantitative estimate of drug-likeness (QED) is 0.752. The van der Waals surface area contributed by atoms with E-state index in [1.807, 2.05) is 0 Å². The summed E-state index contributed by atoms with van der Waals surface area (Å²) in [6, 6.07) is 3.66. The zero-order chi connectivity index (χ0) is 18.5.